The first-order valence-corrected chi connectivity index (χ1v) is 10.3. The van der Waals surface area contributed by atoms with Crippen LogP contribution in [0.2, 0.25) is 0 Å². The summed E-state index contributed by atoms with van der Waals surface area (Å²) in [5, 5.41) is 11.3. The van der Waals surface area contributed by atoms with E-state index in [0.29, 0.717) is 28.9 Å². The summed E-state index contributed by atoms with van der Waals surface area (Å²) >= 11 is 0. The van der Waals surface area contributed by atoms with Gasteiger partial charge >= 0.3 is 0 Å². The van der Waals surface area contributed by atoms with Crippen molar-refractivity contribution in [3.63, 3.8) is 0 Å². The van der Waals surface area contributed by atoms with Crippen LogP contribution in [-0.4, -0.2) is 14.3 Å². The van der Waals surface area contributed by atoms with Gasteiger partial charge in [-0.05, 0) is 48.4 Å². The van der Waals surface area contributed by atoms with Crippen molar-refractivity contribution in [3.05, 3.63) is 83.9 Å². The molecule has 3 aromatic rings. The maximum absolute atomic E-state index is 12.8. The molecule has 0 aromatic heterocycles. The summed E-state index contributed by atoms with van der Waals surface area (Å²) in [5.74, 6) is -0.358. The fourth-order valence-corrected chi connectivity index (χ4v) is 3.72. The van der Waals surface area contributed by atoms with Gasteiger partial charge in [0.05, 0.1) is 16.1 Å². The van der Waals surface area contributed by atoms with Gasteiger partial charge in [-0.1, -0.05) is 43.3 Å². The summed E-state index contributed by atoms with van der Waals surface area (Å²) in [5.41, 5.74) is 2.89. The number of hydrogen-bond donors (Lipinski definition) is 3. The Labute approximate surface area is 164 Å². The fraction of sp³-hybridized carbons (Fsp3) is 0.0952. The van der Waals surface area contributed by atoms with Gasteiger partial charge in [0.15, 0.2) is 0 Å². The standard InChI is InChI=1S/C21H21N3O3S/c1-2-15-12-13-17(14-20(15)28(22,26)27)24-21(25)18-10-6-7-11-19(18)23-16-8-4-3-5-9-16/h3-14,23H,2H2,1H3,(H,24,25)(H2,22,26,27). The van der Waals surface area contributed by atoms with Gasteiger partial charge in [-0.15, -0.1) is 0 Å². The van der Waals surface area contributed by atoms with Gasteiger partial charge < -0.3 is 10.6 Å². The van der Waals surface area contributed by atoms with Crippen LogP contribution >= 0.6 is 0 Å². The predicted molar refractivity (Wildman–Crippen MR) is 111 cm³/mol. The van der Waals surface area contributed by atoms with Crippen LogP contribution in [0.15, 0.2) is 77.7 Å². The predicted octanol–water partition coefficient (Wildman–Crippen LogP) is 3.89. The lowest BCUT2D eigenvalue weighted by atomic mass is 10.1. The Hall–Kier alpha value is -3.16. The highest BCUT2D eigenvalue weighted by molar-refractivity contribution is 7.89. The molecule has 0 saturated carbocycles. The smallest absolute Gasteiger partial charge is 0.257 e. The van der Waals surface area contributed by atoms with E-state index in [0.717, 1.165) is 5.69 Å². The number of para-hydroxylation sites is 2. The molecule has 28 heavy (non-hydrogen) atoms. The van der Waals surface area contributed by atoms with E-state index in [1.54, 1.807) is 30.3 Å². The summed E-state index contributed by atoms with van der Waals surface area (Å²) in [4.78, 5) is 12.8. The van der Waals surface area contributed by atoms with Crippen LogP contribution in [0.1, 0.15) is 22.8 Å². The molecule has 0 fully saturated rings. The minimum absolute atomic E-state index is 0.0171. The van der Waals surface area contributed by atoms with Crippen molar-refractivity contribution in [2.45, 2.75) is 18.2 Å². The van der Waals surface area contributed by atoms with Gasteiger partial charge in [0, 0.05) is 11.4 Å². The van der Waals surface area contributed by atoms with Crippen LogP contribution in [0, 0.1) is 0 Å². The van der Waals surface area contributed by atoms with Gasteiger partial charge in [-0.25, -0.2) is 13.6 Å². The molecule has 7 heteroatoms. The Morgan fingerprint density at radius 1 is 0.929 bits per heavy atom. The second kappa shape index (κ2) is 8.24. The number of hydrogen-bond acceptors (Lipinski definition) is 4. The lowest BCUT2D eigenvalue weighted by Gasteiger charge is -2.13. The Morgan fingerprint density at radius 2 is 1.61 bits per heavy atom. The quantitative estimate of drug-likeness (QED) is 0.589. The molecule has 0 spiro atoms. The summed E-state index contributed by atoms with van der Waals surface area (Å²) in [6, 6.07) is 21.3. The number of carbonyl (C=O) groups excluding carboxylic acids is 1. The number of carbonyl (C=O) groups is 1. The van der Waals surface area contributed by atoms with Crippen molar-refractivity contribution in [2.75, 3.05) is 10.6 Å². The third-order valence-corrected chi connectivity index (χ3v) is 5.23. The first-order chi connectivity index (χ1) is 13.4. The maximum atomic E-state index is 12.8. The van der Waals surface area contributed by atoms with Crippen molar-refractivity contribution in [3.8, 4) is 0 Å². The average molecular weight is 395 g/mol. The average Bonchev–Trinajstić information content (AvgIpc) is 2.68. The van der Waals surface area contributed by atoms with E-state index in [2.05, 4.69) is 10.6 Å². The van der Waals surface area contributed by atoms with Crippen LogP contribution in [0.5, 0.6) is 0 Å². The Bertz CT molecular complexity index is 1100. The number of nitrogens with two attached hydrogens (primary N) is 1. The number of primary sulfonamides is 1. The molecule has 0 radical (unpaired) electrons. The summed E-state index contributed by atoms with van der Waals surface area (Å²) in [6.07, 6.45) is 0.518. The van der Waals surface area contributed by atoms with Crippen molar-refractivity contribution < 1.29 is 13.2 Å². The molecular weight excluding hydrogens is 374 g/mol. The molecule has 1 amide bonds. The lowest BCUT2D eigenvalue weighted by Crippen LogP contribution is -2.17. The molecule has 3 aromatic carbocycles. The molecule has 0 unspecified atom stereocenters. The lowest BCUT2D eigenvalue weighted by molar-refractivity contribution is 0.102. The van der Waals surface area contributed by atoms with Crippen molar-refractivity contribution in [2.24, 2.45) is 5.14 Å². The van der Waals surface area contributed by atoms with Crippen LogP contribution in [0.25, 0.3) is 0 Å². The van der Waals surface area contributed by atoms with E-state index in [1.165, 1.54) is 6.07 Å². The number of aryl methyl sites for hydroxylation is 1. The summed E-state index contributed by atoms with van der Waals surface area (Å²) in [7, 11) is -3.88. The van der Waals surface area contributed by atoms with E-state index >= 15 is 0 Å². The van der Waals surface area contributed by atoms with Gasteiger partial charge in [0.25, 0.3) is 5.91 Å². The van der Waals surface area contributed by atoms with Gasteiger partial charge in [0.1, 0.15) is 0 Å². The number of amides is 1. The molecule has 0 heterocycles. The van der Waals surface area contributed by atoms with Crippen molar-refractivity contribution in [1.82, 2.24) is 0 Å². The van der Waals surface area contributed by atoms with E-state index < -0.39 is 10.0 Å². The number of benzene rings is 3. The van der Waals surface area contributed by atoms with Crippen LogP contribution in [0.4, 0.5) is 17.1 Å². The van der Waals surface area contributed by atoms with Crippen LogP contribution in [0.3, 0.4) is 0 Å². The second-order valence-corrected chi connectivity index (χ2v) is 7.74. The topological polar surface area (TPSA) is 101 Å². The molecule has 144 valence electrons. The summed E-state index contributed by atoms with van der Waals surface area (Å²) < 4.78 is 23.7. The molecule has 0 bridgehead atoms. The maximum Gasteiger partial charge on any atom is 0.257 e. The number of nitrogens with one attached hydrogen (secondary N) is 2. The van der Waals surface area contributed by atoms with Gasteiger partial charge in [-0.3, -0.25) is 4.79 Å². The molecule has 0 aliphatic carbocycles. The van der Waals surface area contributed by atoms with E-state index in [-0.39, 0.29) is 10.8 Å². The molecule has 0 saturated heterocycles. The third-order valence-electron chi connectivity index (χ3n) is 4.24. The van der Waals surface area contributed by atoms with E-state index in [1.807, 2.05) is 43.3 Å². The highest BCUT2D eigenvalue weighted by Crippen LogP contribution is 2.24. The number of sulfonamides is 1. The Morgan fingerprint density at radius 3 is 2.29 bits per heavy atom. The fourth-order valence-electron chi connectivity index (χ4n) is 2.85. The first-order valence-electron chi connectivity index (χ1n) is 8.76. The molecular formula is C21H21N3O3S. The molecule has 0 aliphatic rings. The second-order valence-electron chi connectivity index (χ2n) is 6.21. The number of anilines is 3. The number of rotatable bonds is 6. The monoisotopic (exact) mass is 395 g/mol. The minimum Gasteiger partial charge on any atom is -0.355 e. The SMILES string of the molecule is CCc1ccc(NC(=O)c2ccccc2Nc2ccccc2)cc1S(N)(=O)=O. The van der Waals surface area contributed by atoms with Crippen LogP contribution < -0.4 is 15.8 Å². The van der Waals surface area contributed by atoms with Crippen molar-refractivity contribution in [1.29, 1.82) is 0 Å². The van der Waals surface area contributed by atoms with Crippen molar-refractivity contribution >= 4 is 33.0 Å². The zero-order valence-corrected chi connectivity index (χ0v) is 16.2. The highest BCUT2D eigenvalue weighted by atomic mass is 32.2. The normalized spacial score (nSPS) is 11.1. The van der Waals surface area contributed by atoms with E-state index in [9.17, 15) is 13.2 Å². The Balaban J connectivity index is 1.88. The van der Waals surface area contributed by atoms with E-state index in [4.69, 9.17) is 5.14 Å². The van der Waals surface area contributed by atoms with Gasteiger partial charge in [0.2, 0.25) is 10.0 Å². The third kappa shape index (κ3) is 4.57. The molecule has 6 nitrogen and oxygen atoms in total. The molecule has 0 aliphatic heterocycles. The zero-order chi connectivity index (χ0) is 20.1. The largest absolute Gasteiger partial charge is 0.355 e. The van der Waals surface area contributed by atoms with Gasteiger partial charge in [-0.2, -0.15) is 0 Å². The first kappa shape index (κ1) is 19.6. The van der Waals surface area contributed by atoms with Crippen LogP contribution in [-0.2, 0) is 16.4 Å². The molecule has 4 N–H and O–H groups in total. The highest BCUT2D eigenvalue weighted by Gasteiger charge is 2.16. The minimum atomic E-state index is -3.88. The molecule has 3 rings (SSSR count). The Kier molecular flexibility index (Phi) is 5.77. The molecule has 0 atom stereocenters. The zero-order valence-electron chi connectivity index (χ0n) is 15.3. The summed E-state index contributed by atoms with van der Waals surface area (Å²) in [6.45, 7) is 1.84.